The summed E-state index contributed by atoms with van der Waals surface area (Å²) in [4.78, 5) is 14.2. The van der Waals surface area contributed by atoms with Crippen molar-refractivity contribution in [2.45, 2.75) is 26.2 Å². The summed E-state index contributed by atoms with van der Waals surface area (Å²) in [7, 11) is 0. The fourth-order valence-electron chi connectivity index (χ4n) is 2.39. The molecule has 1 aromatic rings. The molecule has 2 N–H and O–H groups in total. The number of carbonyl (C=O) groups is 1. The van der Waals surface area contributed by atoms with Gasteiger partial charge in [0, 0.05) is 19.3 Å². The molecule has 0 unspecified atom stereocenters. The van der Waals surface area contributed by atoms with Crippen LogP contribution in [0.25, 0.3) is 0 Å². The Morgan fingerprint density at radius 2 is 2.28 bits per heavy atom. The van der Waals surface area contributed by atoms with Crippen LogP contribution in [0.15, 0.2) is 12.3 Å². The monoisotopic (exact) mass is 250 g/mol. The molecule has 1 aliphatic rings. The molecule has 5 nitrogen and oxygen atoms in total. The number of hydrogen-bond acceptors (Lipinski definition) is 3. The molecule has 100 valence electrons. The van der Waals surface area contributed by atoms with Crippen LogP contribution >= 0.6 is 0 Å². The molecule has 2 heterocycles. The summed E-state index contributed by atoms with van der Waals surface area (Å²) in [5, 5.41) is 9.38. The van der Waals surface area contributed by atoms with Gasteiger partial charge in [0.05, 0.1) is 0 Å². The van der Waals surface area contributed by atoms with E-state index in [2.05, 4.69) is 27.3 Å². The minimum Gasteiger partial charge on any atom is -0.350 e. The molecule has 1 saturated heterocycles. The van der Waals surface area contributed by atoms with E-state index >= 15 is 0 Å². The highest BCUT2D eigenvalue weighted by atomic mass is 16.1. The van der Waals surface area contributed by atoms with Crippen molar-refractivity contribution >= 4 is 5.91 Å². The van der Waals surface area contributed by atoms with Crippen molar-refractivity contribution in [2.24, 2.45) is 5.92 Å². The van der Waals surface area contributed by atoms with E-state index in [9.17, 15) is 4.79 Å². The average Bonchev–Trinajstić information content (AvgIpc) is 2.91. The van der Waals surface area contributed by atoms with Crippen LogP contribution in [0.3, 0.4) is 0 Å². The molecule has 1 aliphatic heterocycles. The van der Waals surface area contributed by atoms with Crippen molar-refractivity contribution < 1.29 is 4.79 Å². The van der Waals surface area contributed by atoms with Crippen LogP contribution in [0.2, 0.25) is 0 Å². The largest absolute Gasteiger partial charge is 0.350 e. The Hall–Kier alpha value is -1.36. The number of likely N-dealkylation sites (tertiary alicyclic amines) is 1. The van der Waals surface area contributed by atoms with Gasteiger partial charge in [-0.05, 0) is 37.9 Å². The van der Waals surface area contributed by atoms with Gasteiger partial charge in [0.15, 0.2) is 0 Å². The number of rotatable bonds is 5. The minimum atomic E-state index is -0.0713. The first-order valence-corrected chi connectivity index (χ1v) is 6.75. The van der Waals surface area contributed by atoms with Gasteiger partial charge in [0.25, 0.3) is 5.91 Å². The lowest BCUT2D eigenvalue weighted by Crippen LogP contribution is -2.38. The molecule has 0 spiro atoms. The number of piperidine rings is 1. The number of nitrogens with one attached hydrogen (secondary N) is 2. The number of aromatic amines is 1. The highest BCUT2D eigenvalue weighted by molar-refractivity contribution is 5.92. The third-order valence-corrected chi connectivity index (χ3v) is 3.38. The maximum Gasteiger partial charge on any atom is 0.269 e. The van der Waals surface area contributed by atoms with Crippen molar-refractivity contribution in [3.63, 3.8) is 0 Å². The Morgan fingerprint density at radius 1 is 1.50 bits per heavy atom. The fraction of sp³-hybridized carbons (Fsp3) is 0.692. The number of nitrogens with zero attached hydrogens (tertiary/aromatic N) is 2. The SMILES string of the molecule is C[C@H](CNC(=O)c1ccn[nH]1)CN1CCCCC1. The third-order valence-electron chi connectivity index (χ3n) is 3.38. The number of aromatic nitrogens is 2. The van der Waals surface area contributed by atoms with E-state index in [1.165, 1.54) is 32.4 Å². The zero-order valence-corrected chi connectivity index (χ0v) is 11.0. The van der Waals surface area contributed by atoms with Gasteiger partial charge in [0.2, 0.25) is 0 Å². The molecular weight excluding hydrogens is 228 g/mol. The maximum absolute atomic E-state index is 11.7. The molecule has 1 aromatic heterocycles. The zero-order chi connectivity index (χ0) is 12.8. The van der Waals surface area contributed by atoms with Crippen LogP contribution in [-0.2, 0) is 0 Å². The molecule has 0 aromatic carbocycles. The lowest BCUT2D eigenvalue weighted by atomic mass is 10.1. The molecule has 0 saturated carbocycles. The molecule has 0 aliphatic carbocycles. The number of H-pyrrole nitrogens is 1. The van der Waals surface area contributed by atoms with E-state index in [4.69, 9.17) is 0 Å². The Morgan fingerprint density at radius 3 is 2.94 bits per heavy atom. The second-order valence-corrected chi connectivity index (χ2v) is 5.15. The minimum absolute atomic E-state index is 0.0713. The Labute approximate surface area is 108 Å². The van der Waals surface area contributed by atoms with E-state index in [1.54, 1.807) is 12.3 Å². The first-order chi connectivity index (χ1) is 8.75. The second kappa shape index (κ2) is 6.54. The summed E-state index contributed by atoms with van der Waals surface area (Å²) in [5.74, 6) is 0.410. The smallest absolute Gasteiger partial charge is 0.269 e. The maximum atomic E-state index is 11.7. The molecule has 1 atom stereocenters. The second-order valence-electron chi connectivity index (χ2n) is 5.15. The number of carbonyl (C=O) groups excluding carboxylic acids is 1. The van der Waals surface area contributed by atoms with Crippen molar-refractivity contribution in [3.05, 3.63) is 18.0 Å². The van der Waals surface area contributed by atoms with Crippen LogP contribution in [0.5, 0.6) is 0 Å². The summed E-state index contributed by atoms with van der Waals surface area (Å²) >= 11 is 0. The normalized spacial score (nSPS) is 18.5. The Balaban J connectivity index is 1.68. The van der Waals surface area contributed by atoms with Gasteiger partial charge < -0.3 is 10.2 Å². The van der Waals surface area contributed by atoms with Gasteiger partial charge in [-0.1, -0.05) is 13.3 Å². The fourth-order valence-corrected chi connectivity index (χ4v) is 2.39. The van der Waals surface area contributed by atoms with E-state index < -0.39 is 0 Å². The molecule has 1 fully saturated rings. The van der Waals surface area contributed by atoms with Gasteiger partial charge in [-0.25, -0.2) is 0 Å². The van der Waals surface area contributed by atoms with Crippen molar-refractivity contribution in [2.75, 3.05) is 26.2 Å². The first kappa shape index (κ1) is 13.1. The van der Waals surface area contributed by atoms with E-state index in [-0.39, 0.29) is 5.91 Å². The van der Waals surface area contributed by atoms with E-state index in [0.29, 0.717) is 18.2 Å². The van der Waals surface area contributed by atoms with Crippen molar-refractivity contribution in [3.8, 4) is 0 Å². The molecule has 1 amide bonds. The number of hydrogen-bond donors (Lipinski definition) is 2. The van der Waals surface area contributed by atoms with Crippen LogP contribution < -0.4 is 5.32 Å². The lowest BCUT2D eigenvalue weighted by Gasteiger charge is -2.29. The predicted octanol–water partition coefficient (Wildman–Crippen LogP) is 1.26. The molecular formula is C13H22N4O. The zero-order valence-electron chi connectivity index (χ0n) is 11.0. The van der Waals surface area contributed by atoms with Crippen LogP contribution in [-0.4, -0.2) is 47.2 Å². The molecule has 18 heavy (non-hydrogen) atoms. The van der Waals surface area contributed by atoms with Crippen LogP contribution in [0.4, 0.5) is 0 Å². The molecule has 0 bridgehead atoms. The average molecular weight is 250 g/mol. The van der Waals surface area contributed by atoms with Crippen LogP contribution in [0, 0.1) is 5.92 Å². The topological polar surface area (TPSA) is 61.0 Å². The standard InChI is InChI=1S/C13H22N4O/c1-11(10-17-7-3-2-4-8-17)9-14-13(18)12-5-6-15-16-12/h5-6,11H,2-4,7-10H2,1H3,(H,14,18)(H,15,16)/t11-/m1/s1. The highest BCUT2D eigenvalue weighted by Gasteiger charge is 2.14. The molecule has 5 heteroatoms. The van der Waals surface area contributed by atoms with E-state index in [0.717, 1.165) is 6.54 Å². The summed E-state index contributed by atoms with van der Waals surface area (Å²) in [5.41, 5.74) is 0.528. The predicted molar refractivity (Wildman–Crippen MR) is 70.4 cm³/mol. The quantitative estimate of drug-likeness (QED) is 0.827. The van der Waals surface area contributed by atoms with E-state index in [1.807, 2.05) is 0 Å². The molecule has 2 rings (SSSR count). The first-order valence-electron chi connectivity index (χ1n) is 6.75. The van der Waals surface area contributed by atoms with Gasteiger partial charge in [-0.2, -0.15) is 5.10 Å². The third kappa shape index (κ3) is 3.84. The van der Waals surface area contributed by atoms with Crippen LogP contribution in [0.1, 0.15) is 36.7 Å². The Kier molecular flexibility index (Phi) is 4.75. The lowest BCUT2D eigenvalue weighted by molar-refractivity contribution is 0.0937. The molecule has 0 radical (unpaired) electrons. The van der Waals surface area contributed by atoms with Gasteiger partial charge in [0.1, 0.15) is 5.69 Å². The number of amides is 1. The summed E-state index contributed by atoms with van der Waals surface area (Å²) in [6.07, 6.45) is 5.58. The van der Waals surface area contributed by atoms with Gasteiger partial charge >= 0.3 is 0 Å². The van der Waals surface area contributed by atoms with Gasteiger partial charge in [-0.3, -0.25) is 9.89 Å². The Bertz CT molecular complexity index is 357. The van der Waals surface area contributed by atoms with Crippen molar-refractivity contribution in [1.82, 2.24) is 20.4 Å². The highest BCUT2D eigenvalue weighted by Crippen LogP contribution is 2.10. The van der Waals surface area contributed by atoms with Crippen molar-refractivity contribution in [1.29, 1.82) is 0 Å². The summed E-state index contributed by atoms with van der Waals surface area (Å²) < 4.78 is 0. The van der Waals surface area contributed by atoms with Gasteiger partial charge in [-0.15, -0.1) is 0 Å². The summed E-state index contributed by atoms with van der Waals surface area (Å²) in [6.45, 7) is 6.39. The summed E-state index contributed by atoms with van der Waals surface area (Å²) in [6, 6.07) is 1.69.